The minimum atomic E-state index is -0.345. The number of aromatic amines is 1. The highest BCUT2D eigenvalue weighted by Crippen LogP contribution is 2.41. The Balaban J connectivity index is 1.25. The van der Waals surface area contributed by atoms with Gasteiger partial charge in [0.25, 0.3) is 0 Å². The molecular formula is C23H33N7O2. The molecule has 0 unspecified atom stereocenters. The minimum absolute atomic E-state index is 0.00785. The van der Waals surface area contributed by atoms with Crippen LogP contribution in [0.2, 0.25) is 0 Å². The molecule has 2 aromatic heterocycles. The summed E-state index contributed by atoms with van der Waals surface area (Å²) in [5.41, 5.74) is 1.00. The summed E-state index contributed by atoms with van der Waals surface area (Å²) < 4.78 is 2.11. The van der Waals surface area contributed by atoms with Gasteiger partial charge in [0, 0.05) is 75.3 Å². The van der Waals surface area contributed by atoms with Gasteiger partial charge in [-0.3, -0.25) is 14.7 Å². The summed E-state index contributed by atoms with van der Waals surface area (Å²) in [6, 6.07) is 1.78. The van der Waals surface area contributed by atoms with Crippen LogP contribution in [0.3, 0.4) is 0 Å². The van der Waals surface area contributed by atoms with E-state index in [1.165, 1.54) is 0 Å². The van der Waals surface area contributed by atoms with Crippen molar-refractivity contribution in [2.45, 2.75) is 57.2 Å². The summed E-state index contributed by atoms with van der Waals surface area (Å²) in [7, 11) is 0. The van der Waals surface area contributed by atoms with Crippen molar-refractivity contribution in [3.63, 3.8) is 0 Å². The third-order valence-corrected chi connectivity index (χ3v) is 7.39. The molecule has 0 aromatic carbocycles. The van der Waals surface area contributed by atoms with Crippen molar-refractivity contribution in [2.24, 2.45) is 11.8 Å². The zero-order valence-electron chi connectivity index (χ0n) is 18.5. The number of amides is 2. The quantitative estimate of drug-likeness (QED) is 0.641. The highest BCUT2D eigenvalue weighted by molar-refractivity contribution is 5.89. The molecule has 2 amide bonds. The molecular weight excluding hydrogens is 406 g/mol. The summed E-state index contributed by atoms with van der Waals surface area (Å²) in [5, 5.41) is 10.0. The number of aromatic nitrogens is 4. The van der Waals surface area contributed by atoms with Gasteiger partial charge in [0.05, 0.1) is 6.33 Å². The van der Waals surface area contributed by atoms with E-state index in [0.29, 0.717) is 25.3 Å². The largest absolute Gasteiger partial charge is 0.354 e. The van der Waals surface area contributed by atoms with Crippen LogP contribution in [0, 0.1) is 11.8 Å². The number of carbonyl (C=O) groups excluding carboxylic acids is 2. The summed E-state index contributed by atoms with van der Waals surface area (Å²) in [6.45, 7) is 4.44. The molecule has 32 heavy (non-hydrogen) atoms. The van der Waals surface area contributed by atoms with E-state index in [1.54, 1.807) is 6.20 Å². The van der Waals surface area contributed by atoms with Gasteiger partial charge in [-0.25, -0.2) is 4.98 Å². The van der Waals surface area contributed by atoms with Crippen LogP contribution in [0.5, 0.6) is 0 Å². The minimum Gasteiger partial charge on any atom is -0.354 e. The van der Waals surface area contributed by atoms with Gasteiger partial charge in [-0.1, -0.05) is 0 Å². The number of imidazole rings is 1. The van der Waals surface area contributed by atoms with Crippen molar-refractivity contribution in [1.82, 2.24) is 34.9 Å². The Hall–Kier alpha value is -2.68. The molecule has 9 nitrogen and oxygen atoms in total. The first-order valence-corrected chi connectivity index (χ1v) is 11.9. The number of nitrogens with one attached hydrogen (secondary N) is 2. The second-order valence-electron chi connectivity index (χ2n) is 9.50. The normalized spacial score (nSPS) is 27.9. The lowest BCUT2D eigenvalue weighted by atomic mass is 9.71. The number of rotatable bonds is 8. The topological polar surface area (TPSA) is 99.1 Å². The molecule has 9 heteroatoms. The van der Waals surface area contributed by atoms with Crippen molar-refractivity contribution in [2.75, 3.05) is 26.2 Å². The molecule has 2 bridgehead atoms. The fraction of sp³-hybridized carbons (Fsp3) is 0.652. The third kappa shape index (κ3) is 4.44. The average Bonchev–Trinajstić information content (AvgIpc) is 3.49. The molecule has 3 aliphatic heterocycles. The molecule has 3 saturated heterocycles. The lowest BCUT2D eigenvalue weighted by Crippen LogP contribution is -2.68. The van der Waals surface area contributed by atoms with Crippen LogP contribution in [-0.4, -0.2) is 79.6 Å². The van der Waals surface area contributed by atoms with Gasteiger partial charge in [0.15, 0.2) is 0 Å². The number of H-pyrrole nitrogens is 1. The van der Waals surface area contributed by atoms with E-state index >= 15 is 0 Å². The Morgan fingerprint density at radius 2 is 2.12 bits per heavy atom. The summed E-state index contributed by atoms with van der Waals surface area (Å²) in [5.74, 6) is 0.847. The molecule has 3 fully saturated rings. The van der Waals surface area contributed by atoms with Crippen molar-refractivity contribution >= 4 is 11.8 Å². The van der Waals surface area contributed by atoms with Crippen molar-refractivity contribution < 1.29 is 9.59 Å². The molecule has 2 N–H and O–H groups in total. The number of hydrogen-bond donors (Lipinski definition) is 2. The van der Waals surface area contributed by atoms with E-state index in [1.807, 2.05) is 29.7 Å². The monoisotopic (exact) mass is 439 g/mol. The van der Waals surface area contributed by atoms with E-state index in [9.17, 15) is 9.59 Å². The summed E-state index contributed by atoms with van der Waals surface area (Å²) in [6.07, 6.45) is 12.7. The van der Waals surface area contributed by atoms with Crippen LogP contribution in [0.15, 0.2) is 31.0 Å². The zero-order valence-corrected chi connectivity index (χ0v) is 18.5. The van der Waals surface area contributed by atoms with Crippen LogP contribution < -0.4 is 5.32 Å². The SMILES string of the molecule is O=C(NCCc1ccn[nH]1)[C@H]1[C@H]2C[C@H](CN(CCCn3ccnc3)C2)[C@@H]2CCCC(=O)N21. The number of nitrogens with zero attached hydrogens (tertiary/aromatic N) is 5. The Morgan fingerprint density at radius 3 is 2.94 bits per heavy atom. The molecule has 3 aliphatic rings. The number of aryl methyl sites for hydroxylation is 1. The van der Waals surface area contributed by atoms with E-state index in [4.69, 9.17) is 0 Å². The van der Waals surface area contributed by atoms with E-state index in [-0.39, 0.29) is 29.8 Å². The van der Waals surface area contributed by atoms with E-state index in [2.05, 4.69) is 30.0 Å². The van der Waals surface area contributed by atoms with Gasteiger partial charge >= 0.3 is 0 Å². The van der Waals surface area contributed by atoms with Crippen molar-refractivity contribution in [3.05, 3.63) is 36.7 Å². The van der Waals surface area contributed by atoms with Gasteiger partial charge in [-0.15, -0.1) is 0 Å². The number of fused-ring (bicyclic) bond motifs is 4. The Morgan fingerprint density at radius 1 is 1.22 bits per heavy atom. The van der Waals surface area contributed by atoms with Gasteiger partial charge in [0.1, 0.15) is 6.04 Å². The number of carbonyl (C=O) groups is 2. The summed E-state index contributed by atoms with van der Waals surface area (Å²) >= 11 is 0. The fourth-order valence-corrected chi connectivity index (χ4v) is 6.02. The van der Waals surface area contributed by atoms with Crippen LogP contribution >= 0.6 is 0 Å². The molecule has 5 rings (SSSR count). The molecule has 5 heterocycles. The lowest BCUT2D eigenvalue weighted by Gasteiger charge is -2.56. The maximum Gasteiger partial charge on any atom is 0.243 e. The third-order valence-electron chi connectivity index (χ3n) is 7.39. The highest BCUT2D eigenvalue weighted by atomic mass is 16.2. The maximum atomic E-state index is 13.3. The van der Waals surface area contributed by atoms with Crippen molar-refractivity contribution in [3.8, 4) is 0 Å². The average molecular weight is 440 g/mol. The first kappa shape index (κ1) is 21.2. The molecule has 2 aromatic rings. The van der Waals surface area contributed by atoms with Crippen molar-refractivity contribution in [1.29, 1.82) is 0 Å². The molecule has 172 valence electrons. The second-order valence-corrected chi connectivity index (χ2v) is 9.50. The first-order valence-electron chi connectivity index (χ1n) is 11.9. The van der Waals surface area contributed by atoms with Crippen LogP contribution in [0.25, 0.3) is 0 Å². The number of hydrogen-bond acceptors (Lipinski definition) is 5. The fourth-order valence-electron chi connectivity index (χ4n) is 6.02. The lowest BCUT2D eigenvalue weighted by molar-refractivity contribution is -0.160. The molecule has 4 atom stereocenters. The Kier molecular flexibility index (Phi) is 6.25. The van der Waals surface area contributed by atoms with Crippen LogP contribution in [0.4, 0.5) is 0 Å². The summed E-state index contributed by atoms with van der Waals surface area (Å²) in [4.78, 5) is 34.9. The van der Waals surface area contributed by atoms with Gasteiger partial charge in [-0.05, 0) is 44.2 Å². The Labute approximate surface area is 188 Å². The predicted octanol–water partition coefficient (Wildman–Crippen LogP) is 1.06. The van der Waals surface area contributed by atoms with Gasteiger partial charge in [-0.2, -0.15) is 5.10 Å². The van der Waals surface area contributed by atoms with Gasteiger partial charge < -0.3 is 19.7 Å². The molecule has 0 saturated carbocycles. The maximum absolute atomic E-state index is 13.3. The zero-order chi connectivity index (χ0) is 21.9. The van der Waals surface area contributed by atoms with E-state index < -0.39 is 0 Å². The van der Waals surface area contributed by atoms with Crippen LogP contribution in [0.1, 0.15) is 37.8 Å². The highest BCUT2D eigenvalue weighted by Gasteiger charge is 2.51. The molecule has 0 spiro atoms. The second kappa shape index (κ2) is 9.44. The molecule has 0 radical (unpaired) electrons. The predicted molar refractivity (Wildman–Crippen MR) is 118 cm³/mol. The number of likely N-dealkylation sites (tertiary alicyclic amines) is 1. The van der Waals surface area contributed by atoms with Gasteiger partial charge in [0.2, 0.25) is 11.8 Å². The number of piperidine rings is 3. The van der Waals surface area contributed by atoms with E-state index in [0.717, 1.165) is 57.6 Å². The first-order chi connectivity index (χ1) is 15.7. The molecule has 0 aliphatic carbocycles. The standard InChI is InChI=1S/C23H33N7O2/c31-21-4-1-3-20-17-13-18(15-29(14-17)11-2-10-28-12-9-24-16-28)22(30(20)21)23(32)25-7-5-19-6-8-26-27-19/h6,8-9,12,16-18,20,22H,1-5,7,10-11,13-15H2,(H,25,32)(H,26,27)/t17-,18+,20+,22-/m1/s1. The smallest absolute Gasteiger partial charge is 0.243 e. The Bertz CT molecular complexity index is 898. The van der Waals surface area contributed by atoms with Crippen LogP contribution in [-0.2, 0) is 22.6 Å².